The van der Waals surface area contributed by atoms with E-state index in [0.717, 1.165) is 12.1 Å². The number of fused-ring (bicyclic) bond motifs is 1. The summed E-state index contributed by atoms with van der Waals surface area (Å²) < 4.78 is 27.6. The molecule has 2 atom stereocenters. The molecule has 2 aliphatic rings. The van der Waals surface area contributed by atoms with Crippen molar-refractivity contribution in [2.24, 2.45) is 17.6 Å². The SMILES string of the molecule is N#CC1C(=O)Nc2nc(N3CCC(C(N)=O)CC3)[nH]c(=O)c2C1c1cc(F)cc(F)c1. The Morgan fingerprint density at radius 3 is 2.42 bits per heavy atom. The van der Waals surface area contributed by atoms with Gasteiger partial charge in [-0.05, 0) is 30.5 Å². The number of piperidine rings is 1. The number of amides is 2. The van der Waals surface area contributed by atoms with Crippen LogP contribution in [0, 0.1) is 34.8 Å². The molecule has 0 spiro atoms. The number of anilines is 2. The number of hydrogen-bond acceptors (Lipinski definition) is 6. The molecule has 1 saturated heterocycles. The third kappa shape index (κ3) is 3.72. The van der Waals surface area contributed by atoms with E-state index in [1.54, 1.807) is 4.90 Å². The Labute approximate surface area is 174 Å². The molecule has 2 aromatic rings. The minimum Gasteiger partial charge on any atom is -0.369 e. The molecule has 0 radical (unpaired) electrons. The maximum absolute atomic E-state index is 13.8. The molecular weight excluding hydrogens is 410 g/mol. The van der Waals surface area contributed by atoms with Crippen LogP contribution >= 0.6 is 0 Å². The van der Waals surface area contributed by atoms with E-state index in [9.17, 15) is 28.4 Å². The standard InChI is InChI=1S/C20H18F2N6O3/c21-11-5-10(6-12(22)7-11)14-13(8-23)18(30)25-17-15(14)19(31)27-20(26-17)28-3-1-9(2-4-28)16(24)29/h5-7,9,13-14H,1-4H2,(H2,24,29)(H2,25,26,27,30,31). The minimum atomic E-state index is -1.37. The van der Waals surface area contributed by atoms with E-state index < -0.39 is 34.9 Å². The lowest BCUT2D eigenvalue weighted by molar-refractivity contribution is -0.122. The van der Waals surface area contributed by atoms with Crippen LogP contribution in [0.2, 0.25) is 0 Å². The summed E-state index contributed by atoms with van der Waals surface area (Å²) in [6, 6.07) is 4.45. The van der Waals surface area contributed by atoms with Gasteiger partial charge in [-0.25, -0.2) is 8.78 Å². The number of nitrogens with one attached hydrogen (secondary N) is 2. The van der Waals surface area contributed by atoms with Gasteiger partial charge in [-0.2, -0.15) is 10.2 Å². The predicted octanol–water partition coefficient (Wildman–Crippen LogP) is 0.974. The molecule has 4 rings (SSSR count). The zero-order valence-electron chi connectivity index (χ0n) is 16.2. The molecule has 9 nitrogen and oxygen atoms in total. The number of nitriles is 1. The Morgan fingerprint density at radius 1 is 1.19 bits per heavy atom. The van der Waals surface area contributed by atoms with Crippen molar-refractivity contribution >= 4 is 23.6 Å². The van der Waals surface area contributed by atoms with Crippen molar-refractivity contribution in [2.75, 3.05) is 23.3 Å². The molecule has 1 aromatic carbocycles. The van der Waals surface area contributed by atoms with Crippen LogP contribution in [0.5, 0.6) is 0 Å². The molecule has 0 saturated carbocycles. The summed E-state index contributed by atoms with van der Waals surface area (Å²) in [5, 5.41) is 12.0. The quantitative estimate of drug-likeness (QED) is 0.664. The summed E-state index contributed by atoms with van der Waals surface area (Å²) in [5.74, 6) is -5.58. The molecule has 4 N–H and O–H groups in total. The van der Waals surface area contributed by atoms with E-state index in [4.69, 9.17) is 5.73 Å². The number of carbonyl (C=O) groups is 2. The average Bonchev–Trinajstić information content (AvgIpc) is 2.72. The number of carbonyl (C=O) groups excluding carboxylic acids is 2. The minimum absolute atomic E-state index is 0.0116. The van der Waals surface area contributed by atoms with Crippen molar-refractivity contribution in [2.45, 2.75) is 18.8 Å². The lowest BCUT2D eigenvalue weighted by Gasteiger charge is -2.33. The molecule has 160 valence electrons. The number of nitrogens with two attached hydrogens (primary N) is 1. The summed E-state index contributed by atoms with van der Waals surface area (Å²) in [6.07, 6.45) is 0.981. The molecular formula is C20H18F2N6O3. The van der Waals surface area contributed by atoms with Crippen LogP contribution in [-0.4, -0.2) is 34.9 Å². The van der Waals surface area contributed by atoms with Crippen molar-refractivity contribution in [3.8, 4) is 6.07 Å². The number of aromatic nitrogens is 2. The van der Waals surface area contributed by atoms with Gasteiger partial charge in [0.05, 0.1) is 11.6 Å². The van der Waals surface area contributed by atoms with Crippen LogP contribution in [0.3, 0.4) is 0 Å². The Kier molecular flexibility index (Phi) is 5.14. The van der Waals surface area contributed by atoms with Gasteiger partial charge >= 0.3 is 0 Å². The van der Waals surface area contributed by atoms with E-state index in [1.165, 1.54) is 0 Å². The zero-order chi connectivity index (χ0) is 22.3. The average molecular weight is 428 g/mol. The van der Waals surface area contributed by atoms with Crippen LogP contribution in [0.4, 0.5) is 20.5 Å². The summed E-state index contributed by atoms with van der Waals surface area (Å²) in [4.78, 5) is 45.6. The van der Waals surface area contributed by atoms with E-state index >= 15 is 0 Å². The molecule has 31 heavy (non-hydrogen) atoms. The fraction of sp³-hybridized carbons (Fsp3) is 0.350. The second kappa shape index (κ2) is 7.79. The third-order valence-corrected chi connectivity index (χ3v) is 5.69. The Hall–Kier alpha value is -3.81. The molecule has 2 unspecified atom stereocenters. The third-order valence-electron chi connectivity index (χ3n) is 5.69. The van der Waals surface area contributed by atoms with Gasteiger partial charge in [0.25, 0.3) is 5.56 Å². The van der Waals surface area contributed by atoms with Gasteiger partial charge < -0.3 is 16.0 Å². The van der Waals surface area contributed by atoms with Gasteiger partial charge in [0, 0.05) is 31.0 Å². The highest BCUT2D eigenvalue weighted by Gasteiger charge is 2.41. The maximum Gasteiger partial charge on any atom is 0.258 e. The number of nitrogens with zero attached hydrogens (tertiary/aromatic N) is 3. The van der Waals surface area contributed by atoms with Gasteiger partial charge in [-0.3, -0.25) is 19.4 Å². The zero-order valence-corrected chi connectivity index (χ0v) is 16.2. The second-order valence-corrected chi connectivity index (χ2v) is 7.59. The van der Waals surface area contributed by atoms with Crippen molar-refractivity contribution in [3.05, 3.63) is 51.3 Å². The molecule has 3 heterocycles. The molecule has 0 aliphatic carbocycles. The smallest absolute Gasteiger partial charge is 0.258 e. The first-order valence-corrected chi connectivity index (χ1v) is 9.63. The normalized spacial score (nSPS) is 21.2. The van der Waals surface area contributed by atoms with E-state index in [1.807, 2.05) is 6.07 Å². The summed E-state index contributed by atoms with van der Waals surface area (Å²) in [5.41, 5.74) is 4.65. The fourth-order valence-corrected chi connectivity index (χ4v) is 4.14. The Balaban J connectivity index is 1.76. The van der Waals surface area contributed by atoms with Gasteiger partial charge in [0.2, 0.25) is 17.8 Å². The number of primary amides is 1. The van der Waals surface area contributed by atoms with Crippen LogP contribution < -0.4 is 21.5 Å². The van der Waals surface area contributed by atoms with Crippen LogP contribution in [0.1, 0.15) is 29.9 Å². The van der Waals surface area contributed by atoms with Crippen LogP contribution in [0.25, 0.3) is 0 Å². The number of hydrogen-bond donors (Lipinski definition) is 3. The van der Waals surface area contributed by atoms with Crippen molar-refractivity contribution < 1.29 is 18.4 Å². The Morgan fingerprint density at radius 2 is 1.84 bits per heavy atom. The lowest BCUT2D eigenvalue weighted by atomic mass is 9.79. The largest absolute Gasteiger partial charge is 0.369 e. The van der Waals surface area contributed by atoms with Crippen LogP contribution in [0.15, 0.2) is 23.0 Å². The molecule has 2 amide bonds. The molecule has 0 bridgehead atoms. The second-order valence-electron chi connectivity index (χ2n) is 7.59. The van der Waals surface area contributed by atoms with E-state index in [0.29, 0.717) is 32.0 Å². The summed E-state index contributed by atoms with van der Waals surface area (Å²) in [7, 11) is 0. The highest BCUT2D eigenvalue weighted by Crippen LogP contribution is 2.38. The van der Waals surface area contributed by atoms with Crippen molar-refractivity contribution in [1.82, 2.24) is 9.97 Å². The van der Waals surface area contributed by atoms with Gasteiger partial charge in [0.15, 0.2) is 0 Å². The number of H-pyrrole nitrogens is 1. The van der Waals surface area contributed by atoms with E-state index in [2.05, 4.69) is 15.3 Å². The summed E-state index contributed by atoms with van der Waals surface area (Å²) >= 11 is 0. The first-order chi connectivity index (χ1) is 14.8. The van der Waals surface area contributed by atoms with Crippen molar-refractivity contribution in [1.29, 1.82) is 5.26 Å². The fourth-order valence-electron chi connectivity index (χ4n) is 4.14. The van der Waals surface area contributed by atoms with E-state index in [-0.39, 0.29) is 34.7 Å². The molecule has 11 heteroatoms. The van der Waals surface area contributed by atoms with Gasteiger partial charge in [-0.1, -0.05) is 0 Å². The number of benzene rings is 1. The maximum atomic E-state index is 13.8. The Bertz CT molecular complexity index is 1150. The van der Waals surface area contributed by atoms with Crippen LogP contribution in [-0.2, 0) is 9.59 Å². The van der Waals surface area contributed by atoms with Crippen molar-refractivity contribution in [3.63, 3.8) is 0 Å². The highest BCUT2D eigenvalue weighted by molar-refractivity contribution is 5.98. The number of halogens is 2. The first kappa shape index (κ1) is 20.5. The first-order valence-electron chi connectivity index (χ1n) is 9.63. The molecule has 1 aromatic heterocycles. The topological polar surface area (TPSA) is 145 Å². The predicted molar refractivity (Wildman–Crippen MR) is 105 cm³/mol. The number of rotatable bonds is 3. The summed E-state index contributed by atoms with van der Waals surface area (Å²) in [6.45, 7) is 0.839. The van der Waals surface area contributed by atoms with Gasteiger partial charge in [0.1, 0.15) is 23.4 Å². The number of aromatic amines is 1. The monoisotopic (exact) mass is 428 g/mol. The molecule has 2 aliphatic heterocycles. The van der Waals surface area contributed by atoms with Gasteiger partial charge in [-0.15, -0.1) is 0 Å². The highest BCUT2D eigenvalue weighted by atomic mass is 19.1. The molecule has 1 fully saturated rings. The lowest BCUT2D eigenvalue weighted by Crippen LogP contribution is -2.42.